The van der Waals surface area contributed by atoms with E-state index in [-0.39, 0.29) is 23.7 Å². The SMILES string of the molecule is NC(=O)C1CCN(C(=O)C2CCN(Cc3cccc(Br)c3)CC2)CC1. The van der Waals surface area contributed by atoms with Gasteiger partial charge in [0.05, 0.1) is 0 Å². The molecule has 25 heavy (non-hydrogen) atoms. The largest absolute Gasteiger partial charge is 0.369 e. The Bertz CT molecular complexity index is 621. The normalized spacial score (nSPS) is 20.6. The Hall–Kier alpha value is -1.40. The maximum absolute atomic E-state index is 12.7. The predicted octanol–water partition coefficient (Wildman–Crippen LogP) is 2.39. The molecule has 1 aromatic rings. The molecular formula is C19H26BrN3O2. The number of carbonyl (C=O) groups excluding carboxylic acids is 2. The van der Waals surface area contributed by atoms with Crippen LogP contribution < -0.4 is 5.73 Å². The van der Waals surface area contributed by atoms with Gasteiger partial charge in [-0.1, -0.05) is 28.1 Å². The number of halogens is 1. The number of hydrogen-bond donors (Lipinski definition) is 1. The van der Waals surface area contributed by atoms with Gasteiger partial charge in [-0.25, -0.2) is 0 Å². The molecule has 0 saturated carbocycles. The highest BCUT2D eigenvalue weighted by molar-refractivity contribution is 9.10. The van der Waals surface area contributed by atoms with Crippen molar-refractivity contribution in [2.45, 2.75) is 32.2 Å². The van der Waals surface area contributed by atoms with Crippen LogP contribution in [0, 0.1) is 11.8 Å². The van der Waals surface area contributed by atoms with E-state index in [1.165, 1.54) is 5.56 Å². The molecule has 2 heterocycles. The van der Waals surface area contributed by atoms with Crippen LogP contribution in [0.5, 0.6) is 0 Å². The fourth-order valence-electron chi connectivity index (χ4n) is 3.87. The number of benzene rings is 1. The Morgan fingerprint density at radius 2 is 1.68 bits per heavy atom. The number of rotatable bonds is 4. The predicted molar refractivity (Wildman–Crippen MR) is 101 cm³/mol. The molecule has 5 nitrogen and oxygen atoms in total. The van der Waals surface area contributed by atoms with Crippen LogP contribution in [0.1, 0.15) is 31.2 Å². The maximum Gasteiger partial charge on any atom is 0.225 e. The summed E-state index contributed by atoms with van der Waals surface area (Å²) in [6.45, 7) is 4.20. The average Bonchev–Trinajstić information content (AvgIpc) is 2.62. The summed E-state index contributed by atoms with van der Waals surface area (Å²) >= 11 is 3.52. The topological polar surface area (TPSA) is 66.6 Å². The lowest BCUT2D eigenvalue weighted by molar-refractivity contribution is -0.140. The van der Waals surface area contributed by atoms with Gasteiger partial charge in [-0.15, -0.1) is 0 Å². The van der Waals surface area contributed by atoms with Crippen LogP contribution in [0.25, 0.3) is 0 Å². The van der Waals surface area contributed by atoms with Gasteiger partial charge in [0.25, 0.3) is 0 Å². The quantitative estimate of drug-likeness (QED) is 0.832. The monoisotopic (exact) mass is 407 g/mol. The lowest BCUT2D eigenvalue weighted by Gasteiger charge is -2.36. The summed E-state index contributed by atoms with van der Waals surface area (Å²) < 4.78 is 1.11. The molecule has 3 rings (SSSR count). The molecule has 6 heteroatoms. The lowest BCUT2D eigenvalue weighted by Crippen LogP contribution is -2.46. The van der Waals surface area contributed by atoms with Crippen molar-refractivity contribution >= 4 is 27.7 Å². The van der Waals surface area contributed by atoms with Crippen LogP contribution in [-0.2, 0) is 16.1 Å². The molecule has 2 amide bonds. The van der Waals surface area contributed by atoms with Gasteiger partial charge in [-0.2, -0.15) is 0 Å². The van der Waals surface area contributed by atoms with Crippen LogP contribution >= 0.6 is 15.9 Å². The summed E-state index contributed by atoms with van der Waals surface area (Å²) in [7, 11) is 0. The summed E-state index contributed by atoms with van der Waals surface area (Å²) in [4.78, 5) is 28.3. The minimum absolute atomic E-state index is 0.0592. The zero-order chi connectivity index (χ0) is 17.8. The van der Waals surface area contributed by atoms with Crippen molar-refractivity contribution in [2.24, 2.45) is 17.6 Å². The Kier molecular flexibility index (Phi) is 6.12. The van der Waals surface area contributed by atoms with Gasteiger partial charge in [0, 0.05) is 35.9 Å². The summed E-state index contributed by atoms with van der Waals surface area (Å²) in [5.74, 6) is 0.109. The van der Waals surface area contributed by atoms with E-state index in [2.05, 4.69) is 39.0 Å². The van der Waals surface area contributed by atoms with Crippen molar-refractivity contribution < 1.29 is 9.59 Å². The smallest absolute Gasteiger partial charge is 0.225 e. The maximum atomic E-state index is 12.7. The summed E-state index contributed by atoms with van der Waals surface area (Å²) in [6.07, 6.45) is 3.26. The van der Waals surface area contributed by atoms with Gasteiger partial charge in [0.2, 0.25) is 11.8 Å². The molecule has 0 aromatic heterocycles. The van der Waals surface area contributed by atoms with Gasteiger partial charge in [-0.3, -0.25) is 14.5 Å². The van der Waals surface area contributed by atoms with Crippen LogP contribution in [0.15, 0.2) is 28.7 Å². The number of nitrogens with two attached hydrogens (primary N) is 1. The second kappa shape index (κ2) is 8.32. The molecule has 2 N–H and O–H groups in total. The van der Waals surface area contributed by atoms with E-state index >= 15 is 0 Å². The zero-order valence-corrected chi connectivity index (χ0v) is 16.1. The third kappa shape index (κ3) is 4.82. The molecule has 0 atom stereocenters. The van der Waals surface area contributed by atoms with Crippen LogP contribution in [0.2, 0.25) is 0 Å². The van der Waals surface area contributed by atoms with Gasteiger partial charge in [0.1, 0.15) is 0 Å². The van der Waals surface area contributed by atoms with Crippen molar-refractivity contribution in [2.75, 3.05) is 26.2 Å². The van der Waals surface area contributed by atoms with E-state index in [1.807, 2.05) is 11.0 Å². The standard InChI is InChI=1S/C19H26BrN3O2/c20-17-3-1-2-14(12-17)13-22-8-4-16(5-9-22)19(25)23-10-6-15(7-11-23)18(21)24/h1-3,12,15-16H,4-11,13H2,(H2,21,24). The van der Waals surface area contributed by atoms with E-state index in [4.69, 9.17) is 5.73 Å². The van der Waals surface area contributed by atoms with E-state index in [0.29, 0.717) is 25.9 Å². The number of carbonyl (C=O) groups is 2. The number of primary amides is 1. The molecule has 2 saturated heterocycles. The molecule has 2 aliphatic heterocycles. The summed E-state index contributed by atoms with van der Waals surface area (Å²) in [5.41, 5.74) is 6.67. The van der Waals surface area contributed by atoms with Crippen molar-refractivity contribution in [1.82, 2.24) is 9.80 Å². The first-order valence-corrected chi connectivity index (χ1v) is 9.87. The van der Waals surface area contributed by atoms with Gasteiger partial charge in [0.15, 0.2) is 0 Å². The lowest BCUT2D eigenvalue weighted by atomic mass is 9.91. The number of likely N-dealkylation sites (tertiary alicyclic amines) is 2. The minimum Gasteiger partial charge on any atom is -0.369 e. The second-order valence-electron chi connectivity index (χ2n) is 7.18. The second-order valence-corrected chi connectivity index (χ2v) is 8.10. The highest BCUT2D eigenvalue weighted by Crippen LogP contribution is 2.25. The molecule has 0 spiro atoms. The first-order chi connectivity index (χ1) is 12.0. The molecule has 2 fully saturated rings. The van der Waals surface area contributed by atoms with E-state index in [1.54, 1.807) is 0 Å². The molecule has 136 valence electrons. The Labute approximate surface area is 157 Å². The van der Waals surface area contributed by atoms with Crippen LogP contribution in [0.3, 0.4) is 0 Å². The van der Waals surface area contributed by atoms with Crippen molar-refractivity contribution in [3.8, 4) is 0 Å². The third-order valence-corrected chi connectivity index (χ3v) is 5.93. The molecule has 1 aromatic carbocycles. The van der Waals surface area contributed by atoms with Crippen molar-refractivity contribution in [3.05, 3.63) is 34.3 Å². The molecule has 0 unspecified atom stereocenters. The average molecular weight is 408 g/mol. The highest BCUT2D eigenvalue weighted by atomic mass is 79.9. The first-order valence-electron chi connectivity index (χ1n) is 9.08. The van der Waals surface area contributed by atoms with Crippen LogP contribution in [-0.4, -0.2) is 47.8 Å². The molecule has 2 aliphatic rings. The number of nitrogens with zero attached hydrogens (tertiary/aromatic N) is 2. The Morgan fingerprint density at radius 1 is 1.04 bits per heavy atom. The Morgan fingerprint density at radius 3 is 2.28 bits per heavy atom. The first kappa shape index (κ1) is 18.4. The van der Waals surface area contributed by atoms with Crippen molar-refractivity contribution in [1.29, 1.82) is 0 Å². The number of piperidine rings is 2. The fraction of sp³-hybridized carbons (Fsp3) is 0.579. The number of hydrogen-bond acceptors (Lipinski definition) is 3. The molecule has 0 aliphatic carbocycles. The third-order valence-electron chi connectivity index (χ3n) is 5.44. The zero-order valence-electron chi connectivity index (χ0n) is 14.5. The molecule has 0 radical (unpaired) electrons. The molecular weight excluding hydrogens is 382 g/mol. The number of amides is 2. The highest BCUT2D eigenvalue weighted by Gasteiger charge is 2.31. The van der Waals surface area contributed by atoms with E-state index < -0.39 is 0 Å². The van der Waals surface area contributed by atoms with E-state index in [9.17, 15) is 9.59 Å². The Balaban J connectivity index is 1.46. The fourth-order valence-corrected chi connectivity index (χ4v) is 4.32. The van der Waals surface area contributed by atoms with E-state index in [0.717, 1.165) is 36.9 Å². The summed E-state index contributed by atoms with van der Waals surface area (Å²) in [6, 6.07) is 8.40. The minimum atomic E-state index is -0.229. The van der Waals surface area contributed by atoms with Gasteiger partial charge in [-0.05, 0) is 56.5 Å². The van der Waals surface area contributed by atoms with Crippen LogP contribution in [0.4, 0.5) is 0 Å². The van der Waals surface area contributed by atoms with Crippen molar-refractivity contribution in [3.63, 3.8) is 0 Å². The van der Waals surface area contributed by atoms with Gasteiger partial charge < -0.3 is 10.6 Å². The molecule has 0 bridgehead atoms. The summed E-state index contributed by atoms with van der Waals surface area (Å²) in [5, 5.41) is 0. The van der Waals surface area contributed by atoms with Gasteiger partial charge >= 0.3 is 0 Å².